The van der Waals surface area contributed by atoms with Gasteiger partial charge in [0.2, 0.25) is 0 Å². The third kappa shape index (κ3) is 3.47. The van der Waals surface area contributed by atoms with Crippen LogP contribution in [0.5, 0.6) is 0 Å². The van der Waals surface area contributed by atoms with Crippen LogP contribution >= 0.6 is 0 Å². The fraction of sp³-hybridized carbons (Fsp3) is 0.909. The Morgan fingerprint density at radius 1 is 1.47 bits per heavy atom. The van der Waals surface area contributed by atoms with Crippen LogP contribution in [0, 0.1) is 5.41 Å². The third-order valence-electron chi connectivity index (χ3n) is 2.99. The lowest BCUT2D eigenvalue weighted by atomic mass is 9.85. The van der Waals surface area contributed by atoms with Gasteiger partial charge in [-0.2, -0.15) is 0 Å². The minimum absolute atomic E-state index is 0.605. The first-order valence-electron chi connectivity index (χ1n) is 5.62. The van der Waals surface area contributed by atoms with E-state index in [0.717, 1.165) is 39.1 Å². The fourth-order valence-corrected chi connectivity index (χ4v) is 2.06. The zero-order valence-corrected chi connectivity index (χ0v) is 9.66. The van der Waals surface area contributed by atoms with Crippen molar-refractivity contribution >= 4 is 5.97 Å². The summed E-state index contributed by atoms with van der Waals surface area (Å²) in [6.45, 7) is 7.66. The molecule has 1 aliphatic heterocycles. The van der Waals surface area contributed by atoms with E-state index in [9.17, 15) is 9.90 Å². The third-order valence-corrected chi connectivity index (χ3v) is 2.99. The molecule has 4 heteroatoms. The predicted molar refractivity (Wildman–Crippen MR) is 57.9 cm³/mol. The van der Waals surface area contributed by atoms with Crippen molar-refractivity contribution in [3.63, 3.8) is 0 Å². The van der Waals surface area contributed by atoms with Gasteiger partial charge >= 0.3 is 5.97 Å². The zero-order chi connectivity index (χ0) is 11.3. The van der Waals surface area contributed by atoms with Crippen LogP contribution in [0.25, 0.3) is 0 Å². The summed E-state index contributed by atoms with van der Waals surface area (Å²) < 4.78 is 5.25. The highest BCUT2D eigenvalue weighted by Gasteiger charge is 2.34. The molecule has 4 nitrogen and oxygen atoms in total. The molecule has 1 rings (SSSR count). The molecule has 0 aromatic heterocycles. The van der Waals surface area contributed by atoms with Crippen molar-refractivity contribution in [1.29, 1.82) is 0 Å². The van der Waals surface area contributed by atoms with Gasteiger partial charge in [-0.05, 0) is 13.3 Å². The second kappa shape index (κ2) is 5.47. The van der Waals surface area contributed by atoms with Gasteiger partial charge in [-0.1, -0.05) is 13.3 Å². The summed E-state index contributed by atoms with van der Waals surface area (Å²) in [6.07, 6.45) is 1.65. The van der Waals surface area contributed by atoms with Crippen LogP contribution in [-0.4, -0.2) is 48.8 Å². The molecular weight excluding hydrogens is 194 g/mol. The molecule has 1 unspecified atom stereocenters. The van der Waals surface area contributed by atoms with Crippen molar-refractivity contribution < 1.29 is 14.6 Å². The van der Waals surface area contributed by atoms with E-state index in [-0.39, 0.29) is 0 Å². The molecule has 1 saturated heterocycles. The van der Waals surface area contributed by atoms with Gasteiger partial charge in [-0.3, -0.25) is 9.69 Å². The monoisotopic (exact) mass is 215 g/mol. The molecular formula is C11H21NO3. The number of rotatable bonds is 5. The van der Waals surface area contributed by atoms with E-state index in [4.69, 9.17) is 4.74 Å². The van der Waals surface area contributed by atoms with Crippen molar-refractivity contribution in [2.45, 2.75) is 26.7 Å². The lowest BCUT2D eigenvalue weighted by molar-refractivity contribution is -0.150. The summed E-state index contributed by atoms with van der Waals surface area (Å²) in [5.41, 5.74) is -0.605. The number of aliphatic carboxylic acids is 1. The highest BCUT2D eigenvalue weighted by molar-refractivity contribution is 5.74. The van der Waals surface area contributed by atoms with Gasteiger partial charge in [-0.25, -0.2) is 0 Å². The van der Waals surface area contributed by atoms with E-state index in [1.54, 1.807) is 0 Å². The second-order valence-corrected chi connectivity index (χ2v) is 4.50. The Bertz CT molecular complexity index is 214. The van der Waals surface area contributed by atoms with Crippen LogP contribution in [0.15, 0.2) is 0 Å². The Hall–Kier alpha value is -0.610. The van der Waals surface area contributed by atoms with Gasteiger partial charge in [0.15, 0.2) is 0 Å². The minimum atomic E-state index is -0.684. The molecule has 0 aromatic rings. The summed E-state index contributed by atoms with van der Waals surface area (Å²) in [7, 11) is 0. The molecule has 0 saturated carbocycles. The number of nitrogens with zero attached hydrogens (tertiary/aromatic N) is 1. The van der Waals surface area contributed by atoms with Gasteiger partial charge in [0, 0.05) is 19.6 Å². The highest BCUT2D eigenvalue weighted by atomic mass is 16.5. The van der Waals surface area contributed by atoms with Crippen LogP contribution in [-0.2, 0) is 9.53 Å². The van der Waals surface area contributed by atoms with Crippen molar-refractivity contribution in [2.24, 2.45) is 5.41 Å². The Balaban J connectivity index is 2.52. The van der Waals surface area contributed by atoms with Gasteiger partial charge in [0.25, 0.3) is 0 Å². The molecule has 0 radical (unpaired) electrons. The van der Waals surface area contributed by atoms with Gasteiger partial charge < -0.3 is 9.84 Å². The number of carbonyl (C=O) groups is 1. The first kappa shape index (κ1) is 12.5. The van der Waals surface area contributed by atoms with Gasteiger partial charge in [0.1, 0.15) is 0 Å². The molecule has 88 valence electrons. The molecule has 1 fully saturated rings. The SMILES string of the molecule is CCCC(C)(CN1CCOCC1)C(=O)O. The van der Waals surface area contributed by atoms with E-state index >= 15 is 0 Å². The largest absolute Gasteiger partial charge is 0.481 e. The Kier molecular flexibility index (Phi) is 4.54. The molecule has 15 heavy (non-hydrogen) atoms. The van der Waals surface area contributed by atoms with E-state index in [2.05, 4.69) is 4.90 Å². The molecule has 0 aromatic carbocycles. The molecule has 0 bridgehead atoms. The number of carboxylic acid groups (broad SMARTS) is 1. The van der Waals surface area contributed by atoms with Crippen molar-refractivity contribution in [1.82, 2.24) is 4.90 Å². The van der Waals surface area contributed by atoms with Crippen molar-refractivity contribution in [2.75, 3.05) is 32.8 Å². The number of ether oxygens (including phenoxy) is 1. The van der Waals surface area contributed by atoms with E-state index in [0.29, 0.717) is 6.54 Å². The quantitative estimate of drug-likeness (QED) is 0.749. The number of hydrogen-bond donors (Lipinski definition) is 1. The first-order chi connectivity index (χ1) is 7.08. The Morgan fingerprint density at radius 3 is 2.53 bits per heavy atom. The molecule has 0 amide bonds. The van der Waals surface area contributed by atoms with E-state index in [1.807, 2.05) is 13.8 Å². The Morgan fingerprint density at radius 2 is 2.07 bits per heavy atom. The average molecular weight is 215 g/mol. The maximum absolute atomic E-state index is 11.2. The molecule has 1 atom stereocenters. The average Bonchev–Trinajstić information content (AvgIpc) is 2.19. The smallest absolute Gasteiger partial charge is 0.310 e. The van der Waals surface area contributed by atoms with Gasteiger partial charge in [-0.15, -0.1) is 0 Å². The van der Waals surface area contributed by atoms with Crippen LogP contribution < -0.4 is 0 Å². The van der Waals surface area contributed by atoms with Crippen LogP contribution in [0.4, 0.5) is 0 Å². The minimum Gasteiger partial charge on any atom is -0.481 e. The molecule has 1 aliphatic rings. The van der Waals surface area contributed by atoms with Crippen LogP contribution in [0.1, 0.15) is 26.7 Å². The summed E-state index contributed by atoms with van der Waals surface area (Å²) in [4.78, 5) is 13.4. The maximum Gasteiger partial charge on any atom is 0.310 e. The number of hydrogen-bond acceptors (Lipinski definition) is 3. The summed E-state index contributed by atoms with van der Waals surface area (Å²) in [6, 6.07) is 0. The van der Waals surface area contributed by atoms with E-state index < -0.39 is 11.4 Å². The fourth-order valence-electron chi connectivity index (χ4n) is 2.06. The molecule has 1 heterocycles. The van der Waals surface area contributed by atoms with E-state index in [1.165, 1.54) is 0 Å². The lowest BCUT2D eigenvalue weighted by Crippen LogP contribution is -2.45. The number of morpholine rings is 1. The van der Waals surface area contributed by atoms with Crippen molar-refractivity contribution in [3.05, 3.63) is 0 Å². The highest BCUT2D eigenvalue weighted by Crippen LogP contribution is 2.25. The molecule has 0 spiro atoms. The maximum atomic E-state index is 11.2. The number of carboxylic acids is 1. The predicted octanol–water partition coefficient (Wildman–Crippen LogP) is 1.21. The van der Waals surface area contributed by atoms with Crippen LogP contribution in [0.3, 0.4) is 0 Å². The Labute approximate surface area is 91.2 Å². The molecule has 0 aliphatic carbocycles. The topological polar surface area (TPSA) is 49.8 Å². The normalized spacial score (nSPS) is 22.3. The molecule has 1 N–H and O–H groups in total. The second-order valence-electron chi connectivity index (χ2n) is 4.50. The lowest BCUT2D eigenvalue weighted by Gasteiger charge is -2.34. The summed E-state index contributed by atoms with van der Waals surface area (Å²) in [5.74, 6) is -0.684. The van der Waals surface area contributed by atoms with Gasteiger partial charge in [0.05, 0.1) is 18.6 Å². The zero-order valence-electron chi connectivity index (χ0n) is 9.66. The summed E-state index contributed by atoms with van der Waals surface area (Å²) >= 11 is 0. The van der Waals surface area contributed by atoms with Crippen LogP contribution in [0.2, 0.25) is 0 Å². The first-order valence-corrected chi connectivity index (χ1v) is 5.62. The standard InChI is InChI=1S/C11H21NO3/c1-3-4-11(2,10(13)14)9-12-5-7-15-8-6-12/h3-9H2,1-2H3,(H,13,14). The summed E-state index contributed by atoms with van der Waals surface area (Å²) in [5, 5.41) is 9.24. The van der Waals surface area contributed by atoms with Crippen molar-refractivity contribution in [3.8, 4) is 0 Å².